The molecule has 0 spiro atoms. The van der Waals surface area contributed by atoms with Crippen LogP contribution in [-0.2, 0) is 11.8 Å². The molecule has 0 saturated carbocycles. The Balaban J connectivity index is 3.17. The first-order valence-electron chi connectivity index (χ1n) is 6.66. The van der Waals surface area contributed by atoms with E-state index in [0.717, 1.165) is 12.1 Å². The first-order chi connectivity index (χ1) is 9.11. The summed E-state index contributed by atoms with van der Waals surface area (Å²) in [6.45, 7) is 4.23. The predicted molar refractivity (Wildman–Crippen MR) is 73.3 cm³/mol. The Morgan fingerprint density at radius 3 is 2.20 bits per heavy atom. The van der Waals surface area contributed by atoms with Gasteiger partial charge in [0.1, 0.15) is 0 Å². The molecule has 5 heteroatoms. The van der Waals surface area contributed by atoms with Crippen LogP contribution in [0.5, 0.6) is 0 Å². The molecular weight excluding hydrogens is 267 g/mol. The van der Waals surface area contributed by atoms with E-state index in [4.69, 9.17) is 0 Å². The van der Waals surface area contributed by atoms with Gasteiger partial charge in [-0.05, 0) is 38.2 Å². The van der Waals surface area contributed by atoms with E-state index in [1.54, 1.807) is 13.0 Å². The Bertz CT molecular complexity index is 445. The highest BCUT2D eigenvalue weighted by atomic mass is 19.4. The molecule has 0 bridgehead atoms. The Kier molecular flexibility index (Phi) is 5.21. The van der Waals surface area contributed by atoms with Gasteiger partial charge in [0, 0.05) is 12.5 Å². The number of hydrogen-bond donors (Lipinski definition) is 1. The van der Waals surface area contributed by atoms with E-state index >= 15 is 0 Å². The molecule has 1 aromatic rings. The van der Waals surface area contributed by atoms with Gasteiger partial charge in [-0.15, -0.1) is 0 Å². The summed E-state index contributed by atoms with van der Waals surface area (Å²) in [5.74, 6) is -0.175. The number of halogens is 3. The number of nitrogens with zero attached hydrogens (tertiary/aromatic N) is 1. The van der Waals surface area contributed by atoms with Gasteiger partial charge in [0.2, 0.25) is 0 Å². The van der Waals surface area contributed by atoms with Crippen LogP contribution in [0.15, 0.2) is 24.3 Å². The van der Waals surface area contributed by atoms with Gasteiger partial charge in [-0.1, -0.05) is 26.0 Å². The molecule has 0 aliphatic rings. The van der Waals surface area contributed by atoms with Gasteiger partial charge in [0.25, 0.3) is 0 Å². The Hall–Kier alpha value is -1.07. The maximum Gasteiger partial charge on any atom is 0.416 e. The summed E-state index contributed by atoms with van der Waals surface area (Å²) in [4.78, 5) is 1.92. The van der Waals surface area contributed by atoms with Gasteiger partial charge >= 0.3 is 6.18 Å². The quantitative estimate of drug-likeness (QED) is 0.896. The Morgan fingerprint density at radius 2 is 1.75 bits per heavy atom. The van der Waals surface area contributed by atoms with Crippen LogP contribution in [-0.4, -0.2) is 30.6 Å². The minimum absolute atomic E-state index is 0.175. The van der Waals surface area contributed by atoms with Gasteiger partial charge in [0.05, 0.1) is 11.2 Å². The van der Waals surface area contributed by atoms with Crippen molar-refractivity contribution < 1.29 is 18.3 Å². The van der Waals surface area contributed by atoms with Gasteiger partial charge < -0.3 is 10.0 Å². The highest BCUT2D eigenvalue weighted by Gasteiger charge is 2.37. The normalized spacial score (nSPS) is 17.1. The van der Waals surface area contributed by atoms with Crippen LogP contribution in [0.2, 0.25) is 0 Å². The van der Waals surface area contributed by atoms with Crippen LogP contribution < -0.4 is 0 Å². The number of rotatable bonds is 5. The number of benzene rings is 1. The molecule has 20 heavy (non-hydrogen) atoms. The molecule has 0 fully saturated rings. The van der Waals surface area contributed by atoms with E-state index in [0.29, 0.717) is 18.5 Å². The minimum atomic E-state index is -4.39. The fourth-order valence-corrected chi connectivity index (χ4v) is 2.50. The van der Waals surface area contributed by atoms with Crippen LogP contribution in [0.1, 0.15) is 31.4 Å². The van der Waals surface area contributed by atoms with Crippen molar-refractivity contribution in [3.63, 3.8) is 0 Å². The highest BCUT2D eigenvalue weighted by Crippen LogP contribution is 2.37. The van der Waals surface area contributed by atoms with E-state index in [9.17, 15) is 18.3 Å². The lowest BCUT2D eigenvalue weighted by Crippen LogP contribution is -2.38. The lowest BCUT2D eigenvalue weighted by molar-refractivity contribution is -0.137. The van der Waals surface area contributed by atoms with Crippen LogP contribution in [0.25, 0.3) is 0 Å². The molecule has 0 heterocycles. The van der Waals surface area contributed by atoms with Crippen LogP contribution in [0, 0.1) is 5.92 Å². The predicted octanol–water partition coefficient (Wildman–Crippen LogP) is 3.50. The molecule has 2 nitrogen and oxygen atoms in total. The van der Waals surface area contributed by atoms with Crippen molar-refractivity contribution in [1.82, 2.24) is 4.90 Å². The van der Waals surface area contributed by atoms with Crippen molar-refractivity contribution in [2.45, 2.75) is 32.0 Å². The van der Waals surface area contributed by atoms with Crippen LogP contribution in [0.4, 0.5) is 13.2 Å². The summed E-state index contributed by atoms with van der Waals surface area (Å²) in [6, 6.07) is 4.98. The molecule has 0 radical (unpaired) electrons. The lowest BCUT2D eigenvalue weighted by Gasteiger charge is -2.35. The fourth-order valence-electron chi connectivity index (χ4n) is 2.50. The molecule has 2 atom stereocenters. The molecular formula is C15H22F3NO. The van der Waals surface area contributed by atoms with Crippen LogP contribution in [0.3, 0.4) is 0 Å². The van der Waals surface area contributed by atoms with E-state index in [1.807, 2.05) is 25.9 Å². The summed E-state index contributed by atoms with van der Waals surface area (Å²) in [7, 11) is 3.75. The zero-order valence-corrected chi connectivity index (χ0v) is 12.3. The molecule has 1 rings (SSSR count). The summed E-state index contributed by atoms with van der Waals surface area (Å²) in [5.41, 5.74) is -1.66. The van der Waals surface area contributed by atoms with E-state index < -0.39 is 17.3 Å². The summed E-state index contributed by atoms with van der Waals surface area (Å²) >= 11 is 0. The molecule has 0 aromatic heterocycles. The smallest absolute Gasteiger partial charge is 0.385 e. The molecule has 114 valence electrons. The molecule has 0 saturated heterocycles. The summed E-state index contributed by atoms with van der Waals surface area (Å²) < 4.78 is 38.3. The lowest BCUT2D eigenvalue weighted by atomic mass is 9.79. The maximum absolute atomic E-state index is 12.8. The third-order valence-electron chi connectivity index (χ3n) is 3.68. The van der Waals surface area contributed by atoms with Crippen molar-refractivity contribution in [2.75, 3.05) is 20.6 Å². The first kappa shape index (κ1) is 17.0. The third-order valence-corrected chi connectivity index (χ3v) is 3.68. The number of alkyl halides is 3. The van der Waals surface area contributed by atoms with E-state index in [1.165, 1.54) is 6.07 Å². The Morgan fingerprint density at radius 1 is 1.20 bits per heavy atom. The van der Waals surface area contributed by atoms with Gasteiger partial charge in [-0.2, -0.15) is 13.2 Å². The third kappa shape index (κ3) is 3.73. The second-order valence-electron chi connectivity index (χ2n) is 5.52. The maximum atomic E-state index is 12.8. The zero-order valence-electron chi connectivity index (χ0n) is 12.3. The molecule has 0 aliphatic heterocycles. The topological polar surface area (TPSA) is 23.5 Å². The second kappa shape index (κ2) is 6.14. The van der Waals surface area contributed by atoms with E-state index in [2.05, 4.69) is 0 Å². The van der Waals surface area contributed by atoms with Crippen molar-refractivity contribution in [2.24, 2.45) is 5.92 Å². The van der Waals surface area contributed by atoms with Crippen LogP contribution >= 0.6 is 0 Å². The second-order valence-corrected chi connectivity index (χ2v) is 5.52. The zero-order chi connectivity index (χ0) is 15.6. The van der Waals surface area contributed by atoms with Crippen molar-refractivity contribution in [1.29, 1.82) is 0 Å². The molecule has 1 N–H and O–H groups in total. The largest absolute Gasteiger partial charge is 0.416 e. The van der Waals surface area contributed by atoms with Gasteiger partial charge in [-0.25, -0.2) is 0 Å². The van der Waals surface area contributed by atoms with E-state index in [-0.39, 0.29) is 5.92 Å². The average Bonchev–Trinajstić information content (AvgIpc) is 2.36. The van der Waals surface area contributed by atoms with Gasteiger partial charge in [-0.3, -0.25) is 0 Å². The standard InChI is InChI=1S/C15H22F3NO/c1-5-14(20,11(2)10-19(3)4)12-7-6-8-13(9-12)15(16,17)18/h6-9,11,20H,5,10H2,1-4H3. The Labute approximate surface area is 118 Å². The molecule has 2 unspecified atom stereocenters. The average molecular weight is 289 g/mol. The number of hydrogen-bond acceptors (Lipinski definition) is 2. The fraction of sp³-hybridized carbons (Fsp3) is 0.600. The molecule has 1 aromatic carbocycles. The van der Waals surface area contributed by atoms with Gasteiger partial charge in [0.15, 0.2) is 0 Å². The number of aliphatic hydroxyl groups is 1. The SMILES string of the molecule is CCC(O)(c1cccc(C(F)(F)F)c1)C(C)CN(C)C. The summed E-state index contributed by atoms with van der Waals surface area (Å²) in [6.07, 6.45) is -4.03. The summed E-state index contributed by atoms with van der Waals surface area (Å²) in [5, 5.41) is 10.8. The minimum Gasteiger partial charge on any atom is -0.385 e. The molecule has 0 aliphatic carbocycles. The van der Waals surface area contributed by atoms with Crippen molar-refractivity contribution in [3.05, 3.63) is 35.4 Å². The van der Waals surface area contributed by atoms with Crippen molar-refractivity contribution in [3.8, 4) is 0 Å². The highest BCUT2D eigenvalue weighted by molar-refractivity contribution is 5.30. The first-order valence-corrected chi connectivity index (χ1v) is 6.66. The van der Waals surface area contributed by atoms with Crippen molar-refractivity contribution >= 4 is 0 Å². The monoisotopic (exact) mass is 289 g/mol. The molecule has 0 amide bonds.